The largest absolute Gasteiger partial charge is 0.325 e. The molecule has 0 bridgehead atoms. The Balaban J connectivity index is 1.58. The number of hydrogen-bond donors (Lipinski definition) is 1. The van der Waals surface area contributed by atoms with Crippen molar-refractivity contribution in [1.82, 2.24) is 9.29 Å². The summed E-state index contributed by atoms with van der Waals surface area (Å²) in [5.41, 5.74) is 3.30. The zero-order chi connectivity index (χ0) is 18.1. The third kappa shape index (κ3) is 3.27. The molecule has 0 aliphatic carbocycles. The number of piperidine rings is 1. The van der Waals surface area contributed by atoms with Crippen LogP contribution < -0.4 is 5.32 Å². The molecular formula is C17H17N3O3S3. The Morgan fingerprint density at radius 1 is 1.23 bits per heavy atom. The van der Waals surface area contributed by atoms with E-state index >= 15 is 0 Å². The molecule has 26 heavy (non-hydrogen) atoms. The van der Waals surface area contributed by atoms with E-state index in [0.29, 0.717) is 18.7 Å². The molecule has 3 heterocycles. The first kappa shape index (κ1) is 17.6. The molecule has 1 amide bonds. The van der Waals surface area contributed by atoms with Crippen LogP contribution in [0.1, 0.15) is 19.3 Å². The van der Waals surface area contributed by atoms with Crippen molar-refractivity contribution in [2.24, 2.45) is 0 Å². The number of nitrogens with zero attached hydrogens (tertiary/aromatic N) is 2. The first-order valence-corrected chi connectivity index (χ1v) is 11.4. The number of anilines is 1. The SMILES string of the molecule is O=C(Nc1ccc2ncsc2c1)C1CCCCN1S(=O)(=O)c1cccs1. The average molecular weight is 408 g/mol. The van der Waals surface area contributed by atoms with E-state index in [1.165, 1.54) is 27.0 Å². The predicted molar refractivity (Wildman–Crippen MR) is 104 cm³/mol. The Bertz CT molecular complexity index is 1030. The fraction of sp³-hybridized carbons (Fsp3) is 0.294. The summed E-state index contributed by atoms with van der Waals surface area (Å²) in [5, 5.41) is 4.61. The monoisotopic (exact) mass is 407 g/mol. The quantitative estimate of drug-likeness (QED) is 0.717. The van der Waals surface area contributed by atoms with Gasteiger partial charge in [0.1, 0.15) is 10.3 Å². The van der Waals surface area contributed by atoms with E-state index in [9.17, 15) is 13.2 Å². The second kappa shape index (κ2) is 7.07. The zero-order valence-corrected chi connectivity index (χ0v) is 16.2. The van der Waals surface area contributed by atoms with Gasteiger partial charge in [-0.25, -0.2) is 13.4 Å². The maximum absolute atomic E-state index is 12.9. The second-order valence-electron chi connectivity index (χ2n) is 6.08. The van der Waals surface area contributed by atoms with Crippen LogP contribution in [0.25, 0.3) is 10.2 Å². The van der Waals surface area contributed by atoms with Gasteiger partial charge in [-0.05, 0) is 42.5 Å². The summed E-state index contributed by atoms with van der Waals surface area (Å²) >= 11 is 2.68. The number of thiazole rings is 1. The van der Waals surface area contributed by atoms with Crippen molar-refractivity contribution in [3.63, 3.8) is 0 Å². The summed E-state index contributed by atoms with van der Waals surface area (Å²) in [4.78, 5) is 17.1. The van der Waals surface area contributed by atoms with Crippen molar-refractivity contribution >= 4 is 54.5 Å². The number of thiophene rings is 1. The molecule has 1 saturated heterocycles. The first-order chi connectivity index (χ1) is 12.6. The lowest BCUT2D eigenvalue weighted by molar-refractivity contribution is -0.120. The summed E-state index contributed by atoms with van der Waals surface area (Å²) < 4.78 is 28.4. The highest BCUT2D eigenvalue weighted by Crippen LogP contribution is 2.29. The number of benzene rings is 1. The molecule has 136 valence electrons. The number of rotatable bonds is 4. The van der Waals surface area contributed by atoms with Gasteiger partial charge in [0, 0.05) is 12.2 Å². The number of sulfonamides is 1. The van der Waals surface area contributed by atoms with Crippen LogP contribution in [0.4, 0.5) is 5.69 Å². The van der Waals surface area contributed by atoms with Crippen LogP contribution in [0.2, 0.25) is 0 Å². The van der Waals surface area contributed by atoms with E-state index in [1.807, 2.05) is 12.1 Å². The Hall–Kier alpha value is -1.81. The minimum atomic E-state index is -3.65. The number of aromatic nitrogens is 1. The average Bonchev–Trinajstić information content (AvgIpc) is 3.33. The van der Waals surface area contributed by atoms with Crippen LogP contribution in [0.5, 0.6) is 0 Å². The molecule has 0 saturated carbocycles. The molecule has 4 rings (SSSR count). The van der Waals surface area contributed by atoms with Crippen molar-refractivity contribution < 1.29 is 13.2 Å². The normalized spacial score (nSPS) is 18.8. The van der Waals surface area contributed by atoms with Gasteiger partial charge < -0.3 is 5.32 Å². The molecule has 6 nitrogen and oxygen atoms in total. The Labute approximate surface area is 159 Å². The molecule has 2 aromatic heterocycles. The van der Waals surface area contributed by atoms with E-state index in [4.69, 9.17) is 0 Å². The minimum Gasteiger partial charge on any atom is -0.325 e. The van der Waals surface area contributed by atoms with Gasteiger partial charge in [-0.2, -0.15) is 4.31 Å². The van der Waals surface area contributed by atoms with E-state index < -0.39 is 16.1 Å². The smallest absolute Gasteiger partial charge is 0.253 e. The third-order valence-corrected chi connectivity index (χ3v) is 8.49. The van der Waals surface area contributed by atoms with Gasteiger partial charge in [0.2, 0.25) is 5.91 Å². The summed E-state index contributed by atoms with van der Waals surface area (Å²) in [5.74, 6) is -0.284. The van der Waals surface area contributed by atoms with Crippen molar-refractivity contribution in [2.45, 2.75) is 29.5 Å². The topological polar surface area (TPSA) is 79.4 Å². The summed E-state index contributed by atoms with van der Waals surface area (Å²) in [6.45, 7) is 0.367. The molecule has 9 heteroatoms. The Morgan fingerprint density at radius 3 is 2.92 bits per heavy atom. The Morgan fingerprint density at radius 2 is 2.12 bits per heavy atom. The minimum absolute atomic E-state index is 0.281. The maximum atomic E-state index is 12.9. The molecule has 0 spiro atoms. The van der Waals surface area contributed by atoms with Crippen LogP contribution in [-0.2, 0) is 14.8 Å². The fourth-order valence-electron chi connectivity index (χ4n) is 3.14. The highest BCUT2D eigenvalue weighted by molar-refractivity contribution is 7.91. The van der Waals surface area contributed by atoms with Crippen LogP contribution in [0.15, 0.2) is 45.4 Å². The lowest BCUT2D eigenvalue weighted by Crippen LogP contribution is -2.49. The predicted octanol–water partition coefficient (Wildman–Crippen LogP) is 3.54. The maximum Gasteiger partial charge on any atom is 0.253 e. The first-order valence-electron chi connectivity index (χ1n) is 8.25. The molecule has 1 N–H and O–H groups in total. The molecule has 1 atom stereocenters. The van der Waals surface area contributed by atoms with E-state index in [2.05, 4.69) is 10.3 Å². The number of carbonyl (C=O) groups is 1. The standard InChI is InChI=1S/C17H17N3O3S3/c21-17(19-12-6-7-13-15(10-12)25-11-18-13)14-4-1-2-8-20(14)26(22,23)16-5-3-9-24-16/h3,5-7,9-11,14H,1-2,4,8H2,(H,19,21). The van der Waals surface area contributed by atoms with Crippen LogP contribution in [-0.4, -0.2) is 36.2 Å². The van der Waals surface area contributed by atoms with E-state index in [1.54, 1.807) is 29.1 Å². The highest BCUT2D eigenvalue weighted by Gasteiger charge is 2.38. The van der Waals surface area contributed by atoms with Gasteiger partial charge in [-0.1, -0.05) is 12.5 Å². The molecule has 1 aromatic carbocycles. The van der Waals surface area contributed by atoms with E-state index in [-0.39, 0.29) is 10.1 Å². The molecule has 1 fully saturated rings. The molecule has 3 aromatic rings. The van der Waals surface area contributed by atoms with Gasteiger partial charge in [0.25, 0.3) is 10.0 Å². The molecular weight excluding hydrogens is 390 g/mol. The van der Waals surface area contributed by atoms with Gasteiger partial charge in [0.15, 0.2) is 0 Å². The van der Waals surface area contributed by atoms with Gasteiger partial charge in [-0.3, -0.25) is 4.79 Å². The second-order valence-corrected chi connectivity index (χ2v) is 10.0. The molecule has 1 aliphatic rings. The number of amides is 1. The van der Waals surface area contributed by atoms with Crippen LogP contribution in [0, 0.1) is 0 Å². The summed E-state index contributed by atoms with van der Waals surface area (Å²) in [6.07, 6.45) is 2.13. The Kier molecular flexibility index (Phi) is 4.78. The van der Waals surface area contributed by atoms with Crippen molar-refractivity contribution in [2.75, 3.05) is 11.9 Å². The van der Waals surface area contributed by atoms with Crippen molar-refractivity contribution in [3.8, 4) is 0 Å². The van der Waals surface area contributed by atoms with Crippen LogP contribution >= 0.6 is 22.7 Å². The van der Waals surface area contributed by atoms with E-state index in [0.717, 1.165) is 23.1 Å². The third-order valence-electron chi connectivity index (χ3n) is 4.41. The summed E-state index contributed by atoms with van der Waals surface area (Å²) in [6, 6.07) is 8.12. The molecule has 1 aliphatic heterocycles. The van der Waals surface area contributed by atoms with Gasteiger partial charge >= 0.3 is 0 Å². The lowest BCUT2D eigenvalue weighted by Gasteiger charge is -2.33. The molecule has 0 radical (unpaired) electrons. The summed E-state index contributed by atoms with van der Waals surface area (Å²) in [7, 11) is -3.65. The number of nitrogens with one attached hydrogen (secondary N) is 1. The highest BCUT2D eigenvalue weighted by atomic mass is 32.2. The fourth-order valence-corrected chi connectivity index (χ4v) is 6.63. The van der Waals surface area contributed by atoms with Gasteiger partial charge in [0.05, 0.1) is 15.7 Å². The zero-order valence-electron chi connectivity index (χ0n) is 13.8. The van der Waals surface area contributed by atoms with Gasteiger partial charge in [-0.15, -0.1) is 22.7 Å². The van der Waals surface area contributed by atoms with Crippen molar-refractivity contribution in [1.29, 1.82) is 0 Å². The number of carbonyl (C=O) groups excluding carboxylic acids is 1. The number of fused-ring (bicyclic) bond motifs is 1. The lowest BCUT2D eigenvalue weighted by atomic mass is 10.0. The molecule has 1 unspecified atom stereocenters. The van der Waals surface area contributed by atoms with Crippen LogP contribution in [0.3, 0.4) is 0 Å². The van der Waals surface area contributed by atoms with Crippen molar-refractivity contribution in [3.05, 3.63) is 41.2 Å². The number of hydrogen-bond acceptors (Lipinski definition) is 6.